The van der Waals surface area contributed by atoms with E-state index < -0.39 is 24.6 Å². The molecule has 1 aliphatic heterocycles. The van der Waals surface area contributed by atoms with Gasteiger partial charge in [0, 0.05) is 7.11 Å². The van der Waals surface area contributed by atoms with Gasteiger partial charge < -0.3 is 24.8 Å². The van der Waals surface area contributed by atoms with Crippen LogP contribution in [0.4, 0.5) is 0 Å². The van der Waals surface area contributed by atoms with E-state index in [2.05, 4.69) is 4.74 Å². The van der Waals surface area contributed by atoms with Crippen LogP contribution >= 0.6 is 0 Å². The van der Waals surface area contributed by atoms with Gasteiger partial charge in [0.15, 0.2) is 6.29 Å². The first kappa shape index (κ1) is 8.89. The van der Waals surface area contributed by atoms with Crippen molar-refractivity contribution in [2.45, 2.75) is 18.0 Å². The summed E-state index contributed by atoms with van der Waals surface area (Å²) in [6.45, 7) is -0.642. The molecule has 0 saturated carbocycles. The lowest BCUT2D eigenvalue weighted by Crippen LogP contribution is -2.47. The smallest absolute Gasteiger partial charge is 0.186 e. The summed E-state index contributed by atoms with van der Waals surface area (Å²) in [5.74, 6) is 0. The molecule has 5 nitrogen and oxygen atoms in total. The minimum atomic E-state index is -1.57. The van der Waals surface area contributed by atoms with Crippen LogP contribution in [0.25, 0.3) is 0 Å². The van der Waals surface area contributed by atoms with Crippen molar-refractivity contribution in [1.29, 1.82) is 0 Å². The highest BCUT2D eigenvalue weighted by Crippen LogP contribution is 2.24. The van der Waals surface area contributed by atoms with E-state index in [1.54, 1.807) is 0 Å². The van der Waals surface area contributed by atoms with Crippen molar-refractivity contribution in [2.24, 2.45) is 0 Å². The van der Waals surface area contributed by atoms with E-state index in [-0.39, 0.29) is 6.61 Å². The van der Waals surface area contributed by atoms with E-state index in [0.717, 1.165) is 0 Å². The van der Waals surface area contributed by atoms with Crippen molar-refractivity contribution in [3.63, 3.8) is 0 Å². The maximum absolute atomic E-state index is 9.37. The molecule has 1 aliphatic rings. The third-order valence-electron chi connectivity index (χ3n) is 1.81. The van der Waals surface area contributed by atoms with E-state index in [1.165, 1.54) is 7.11 Å². The van der Waals surface area contributed by atoms with Crippen LogP contribution in [0.5, 0.6) is 0 Å². The van der Waals surface area contributed by atoms with Crippen molar-refractivity contribution in [2.75, 3.05) is 20.3 Å². The number of aliphatic hydroxyl groups is 3. The molecule has 0 unspecified atom stereocenters. The van der Waals surface area contributed by atoms with Gasteiger partial charge in [-0.05, 0) is 0 Å². The van der Waals surface area contributed by atoms with Gasteiger partial charge in [0.1, 0.15) is 11.7 Å². The van der Waals surface area contributed by atoms with Crippen molar-refractivity contribution in [1.82, 2.24) is 0 Å². The van der Waals surface area contributed by atoms with Crippen LogP contribution in [0.15, 0.2) is 0 Å². The van der Waals surface area contributed by atoms with Gasteiger partial charge in [-0.2, -0.15) is 0 Å². The monoisotopic (exact) mass is 164 g/mol. The van der Waals surface area contributed by atoms with Gasteiger partial charge in [0.25, 0.3) is 0 Å². The molecule has 66 valence electrons. The quantitative estimate of drug-likeness (QED) is 0.443. The van der Waals surface area contributed by atoms with Crippen molar-refractivity contribution in [3.05, 3.63) is 0 Å². The Morgan fingerprint density at radius 1 is 1.73 bits per heavy atom. The molecule has 0 aliphatic carbocycles. The molecule has 0 spiro atoms. The number of rotatable bonds is 2. The van der Waals surface area contributed by atoms with Crippen LogP contribution in [0, 0.1) is 0 Å². The number of aliphatic hydroxyl groups excluding tert-OH is 2. The van der Waals surface area contributed by atoms with Gasteiger partial charge in [-0.25, -0.2) is 0 Å². The van der Waals surface area contributed by atoms with Gasteiger partial charge in [0.2, 0.25) is 0 Å². The van der Waals surface area contributed by atoms with Gasteiger partial charge in [-0.3, -0.25) is 0 Å². The molecular formula is C6H12O5. The summed E-state index contributed by atoms with van der Waals surface area (Å²) in [5.41, 5.74) is -1.57. The Kier molecular flexibility index (Phi) is 2.46. The summed E-state index contributed by atoms with van der Waals surface area (Å²) >= 11 is 0. The van der Waals surface area contributed by atoms with Crippen LogP contribution < -0.4 is 0 Å². The van der Waals surface area contributed by atoms with Gasteiger partial charge in [0.05, 0.1) is 13.2 Å². The van der Waals surface area contributed by atoms with Gasteiger partial charge in [-0.1, -0.05) is 0 Å². The largest absolute Gasteiger partial charge is 0.393 e. The summed E-state index contributed by atoms with van der Waals surface area (Å²) < 4.78 is 9.52. The highest BCUT2D eigenvalue weighted by Gasteiger charge is 2.47. The van der Waals surface area contributed by atoms with Crippen LogP contribution in [-0.4, -0.2) is 53.6 Å². The zero-order valence-corrected chi connectivity index (χ0v) is 6.23. The van der Waals surface area contributed by atoms with Crippen LogP contribution in [0.1, 0.15) is 0 Å². The second-order valence-corrected chi connectivity index (χ2v) is 2.62. The van der Waals surface area contributed by atoms with E-state index in [1.807, 2.05) is 0 Å². The lowest BCUT2D eigenvalue weighted by molar-refractivity contribution is -0.146. The number of ether oxygens (including phenoxy) is 2. The first-order valence-electron chi connectivity index (χ1n) is 3.30. The summed E-state index contributed by atoms with van der Waals surface area (Å²) in [6, 6.07) is 0. The summed E-state index contributed by atoms with van der Waals surface area (Å²) in [7, 11) is 1.36. The Morgan fingerprint density at radius 3 is 2.64 bits per heavy atom. The molecule has 1 rings (SSSR count). The highest BCUT2D eigenvalue weighted by molar-refractivity contribution is 4.93. The predicted molar refractivity (Wildman–Crippen MR) is 34.8 cm³/mol. The molecule has 1 fully saturated rings. The molecule has 1 heterocycles. The summed E-state index contributed by atoms with van der Waals surface area (Å²) in [5, 5.41) is 27.3. The third kappa shape index (κ3) is 1.38. The molecule has 0 aromatic heterocycles. The fourth-order valence-corrected chi connectivity index (χ4v) is 0.992. The Hall–Kier alpha value is -0.200. The van der Waals surface area contributed by atoms with Gasteiger partial charge >= 0.3 is 0 Å². The molecule has 0 radical (unpaired) electrons. The van der Waals surface area contributed by atoms with Crippen molar-refractivity contribution >= 4 is 0 Å². The second kappa shape index (κ2) is 3.04. The fourth-order valence-electron chi connectivity index (χ4n) is 0.992. The average Bonchev–Trinajstić information content (AvgIpc) is 2.31. The fraction of sp³-hybridized carbons (Fsp3) is 1.00. The Bertz CT molecular complexity index is 139. The minimum absolute atomic E-state index is 0.108. The highest BCUT2D eigenvalue weighted by atomic mass is 16.7. The number of hydrogen-bond donors (Lipinski definition) is 3. The van der Waals surface area contributed by atoms with Gasteiger partial charge in [-0.15, -0.1) is 0 Å². The zero-order chi connectivity index (χ0) is 8.48. The normalized spacial score (nSPS) is 44.7. The summed E-state index contributed by atoms with van der Waals surface area (Å²) in [4.78, 5) is 0. The van der Waals surface area contributed by atoms with Crippen LogP contribution in [0.3, 0.4) is 0 Å². The SMILES string of the molecule is CO[C@@H]1OC[C@](O)(CO)[C@H]1O. The standard InChI is InChI=1S/C6H12O5/c1-10-5-4(8)6(9,2-7)3-11-5/h4-5,7-9H,2-3H2,1H3/t4-,5+,6+/m0/s1. The second-order valence-electron chi connectivity index (χ2n) is 2.62. The lowest BCUT2D eigenvalue weighted by Gasteiger charge is -2.22. The van der Waals surface area contributed by atoms with Crippen molar-refractivity contribution < 1.29 is 24.8 Å². The first-order valence-corrected chi connectivity index (χ1v) is 3.30. The molecule has 5 heteroatoms. The van der Waals surface area contributed by atoms with E-state index >= 15 is 0 Å². The summed E-state index contributed by atoms with van der Waals surface area (Å²) in [6.07, 6.45) is -2.02. The molecule has 1 saturated heterocycles. The van der Waals surface area contributed by atoms with Crippen LogP contribution in [-0.2, 0) is 9.47 Å². The molecule has 11 heavy (non-hydrogen) atoms. The van der Waals surface area contributed by atoms with E-state index in [4.69, 9.17) is 9.84 Å². The van der Waals surface area contributed by atoms with Crippen LogP contribution in [0.2, 0.25) is 0 Å². The maximum Gasteiger partial charge on any atom is 0.186 e. The molecule has 3 atom stereocenters. The van der Waals surface area contributed by atoms with E-state index in [9.17, 15) is 10.2 Å². The molecule has 0 bridgehead atoms. The Balaban J connectivity index is 2.61. The minimum Gasteiger partial charge on any atom is -0.393 e. The third-order valence-corrected chi connectivity index (χ3v) is 1.81. The topological polar surface area (TPSA) is 79.2 Å². The molecule has 0 aromatic rings. The lowest BCUT2D eigenvalue weighted by atomic mass is 10.0. The molecule has 0 amide bonds. The number of hydrogen-bond acceptors (Lipinski definition) is 5. The molecular weight excluding hydrogens is 152 g/mol. The first-order chi connectivity index (χ1) is 5.14. The molecule has 0 aromatic carbocycles. The Morgan fingerprint density at radius 2 is 2.36 bits per heavy atom. The number of methoxy groups -OCH3 is 1. The maximum atomic E-state index is 9.37. The Labute approximate surface area is 64.2 Å². The molecule has 3 N–H and O–H groups in total. The predicted octanol–water partition coefficient (Wildman–Crippen LogP) is -1.93. The van der Waals surface area contributed by atoms with Crippen molar-refractivity contribution in [3.8, 4) is 0 Å². The zero-order valence-electron chi connectivity index (χ0n) is 6.23. The average molecular weight is 164 g/mol. The van der Waals surface area contributed by atoms with E-state index in [0.29, 0.717) is 0 Å².